The predicted octanol–water partition coefficient (Wildman–Crippen LogP) is 1.82. The maximum atomic E-state index is 11.3. The highest BCUT2D eigenvalue weighted by molar-refractivity contribution is 5.76. The molecule has 0 aromatic carbocycles. The Morgan fingerprint density at radius 2 is 1.82 bits per heavy atom. The van der Waals surface area contributed by atoms with Gasteiger partial charge in [0.05, 0.1) is 0 Å². The van der Waals surface area contributed by atoms with E-state index in [-0.39, 0.29) is 11.9 Å². The topological polar surface area (TPSA) is 67.4 Å². The van der Waals surface area contributed by atoms with Crippen LogP contribution in [0.5, 0.6) is 0 Å². The summed E-state index contributed by atoms with van der Waals surface area (Å²) in [4.78, 5) is 22.5. The van der Waals surface area contributed by atoms with E-state index >= 15 is 0 Å². The van der Waals surface area contributed by atoms with E-state index in [1.165, 1.54) is 0 Å². The SMILES string of the molecule is CC(C)NC(=O)CCCNC(=O)OC(C)(C)C. The normalized spacial score (nSPS) is 11.2. The number of rotatable bonds is 5. The molecular formula is C12H24N2O3. The number of carbonyl (C=O) groups excluding carboxylic acids is 2. The van der Waals surface area contributed by atoms with Gasteiger partial charge >= 0.3 is 6.09 Å². The van der Waals surface area contributed by atoms with Crippen LogP contribution in [-0.4, -0.2) is 30.2 Å². The molecule has 0 saturated heterocycles. The van der Waals surface area contributed by atoms with Crippen molar-refractivity contribution in [3.05, 3.63) is 0 Å². The highest BCUT2D eigenvalue weighted by Gasteiger charge is 2.15. The van der Waals surface area contributed by atoms with Gasteiger partial charge in [0, 0.05) is 19.0 Å². The van der Waals surface area contributed by atoms with Crippen LogP contribution >= 0.6 is 0 Å². The lowest BCUT2D eigenvalue weighted by Gasteiger charge is -2.19. The second-order valence-electron chi connectivity index (χ2n) is 5.25. The summed E-state index contributed by atoms with van der Waals surface area (Å²) < 4.78 is 5.06. The Hall–Kier alpha value is -1.26. The summed E-state index contributed by atoms with van der Waals surface area (Å²) in [5, 5.41) is 5.39. The summed E-state index contributed by atoms with van der Waals surface area (Å²) in [5.74, 6) is 0.00555. The summed E-state index contributed by atoms with van der Waals surface area (Å²) in [6.07, 6.45) is 0.577. The molecule has 0 aliphatic carbocycles. The lowest BCUT2D eigenvalue weighted by atomic mass is 10.2. The number of hydrogen-bond acceptors (Lipinski definition) is 3. The van der Waals surface area contributed by atoms with Crippen LogP contribution in [-0.2, 0) is 9.53 Å². The molecule has 2 amide bonds. The average molecular weight is 244 g/mol. The first-order chi connectivity index (χ1) is 7.70. The van der Waals surface area contributed by atoms with Crippen molar-refractivity contribution in [3.63, 3.8) is 0 Å². The molecule has 0 atom stereocenters. The van der Waals surface area contributed by atoms with Crippen molar-refractivity contribution in [2.45, 2.75) is 59.1 Å². The van der Waals surface area contributed by atoms with E-state index in [0.717, 1.165) is 0 Å². The van der Waals surface area contributed by atoms with Crippen molar-refractivity contribution < 1.29 is 14.3 Å². The second-order valence-corrected chi connectivity index (χ2v) is 5.25. The van der Waals surface area contributed by atoms with E-state index < -0.39 is 11.7 Å². The standard InChI is InChI=1S/C12H24N2O3/c1-9(2)14-10(15)7-6-8-13-11(16)17-12(3,4)5/h9H,6-8H2,1-5H3,(H,13,16)(H,14,15). The van der Waals surface area contributed by atoms with Gasteiger partial charge in [0.25, 0.3) is 0 Å². The minimum atomic E-state index is -0.487. The van der Waals surface area contributed by atoms with E-state index in [1.807, 2.05) is 34.6 Å². The number of hydrogen-bond donors (Lipinski definition) is 2. The molecule has 0 aliphatic heterocycles. The molecule has 17 heavy (non-hydrogen) atoms. The first-order valence-corrected chi connectivity index (χ1v) is 5.97. The van der Waals surface area contributed by atoms with Crippen molar-refractivity contribution in [1.29, 1.82) is 0 Å². The third-order valence-electron chi connectivity index (χ3n) is 1.70. The highest BCUT2D eigenvalue weighted by Crippen LogP contribution is 2.06. The zero-order valence-corrected chi connectivity index (χ0v) is 11.4. The fourth-order valence-electron chi connectivity index (χ4n) is 1.15. The zero-order chi connectivity index (χ0) is 13.5. The Morgan fingerprint density at radius 3 is 2.29 bits per heavy atom. The van der Waals surface area contributed by atoms with Gasteiger partial charge in [0.2, 0.25) is 5.91 Å². The van der Waals surface area contributed by atoms with Crippen LogP contribution in [0.3, 0.4) is 0 Å². The van der Waals surface area contributed by atoms with Gasteiger partial charge in [-0.05, 0) is 41.0 Å². The number of nitrogens with one attached hydrogen (secondary N) is 2. The predicted molar refractivity (Wildman–Crippen MR) is 66.7 cm³/mol. The molecule has 0 saturated carbocycles. The molecule has 0 radical (unpaired) electrons. The van der Waals surface area contributed by atoms with Crippen molar-refractivity contribution in [3.8, 4) is 0 Å². The Morgan fingerprint density at radius 1 is 1.24 bits per heavy atom. The van der Waals surface area contributed by atoms with E-state index in [1.54, 1.807) is 0 Å². The molecule has 0 unspecified atom stereocenters. The molecular weight excluding hydrogens is 220 g/mol. The molecule has 2 N–H and O–H groups in total. The largest absolute Gasteiger partial charge is 0.444 e. The molecule has 5 heteroatoms. The van der Waals surface area contributed by atoms with E-state index in [4.69, 9.17) is 4.74 Å². The molecule has 0 aromatic heterocycles. The summed E-state index contributed by atoms with van der Waals surface area (Å²) in [7, 11) is 0. The molecule has 5 nitrogen and oxygen atoms in total. The van der Waals surface area contributed by atoms with Gasteiger partial charge in [-0.3, -0.25) is 4.79 Å². The Bertz CT molecular complexity index is 257. The Labute approximate surface area is 103 Å². The number of amides is 2. The first-order valence-electron chi connectivity index (χ1n) is 5.97. The van der Waals surface area contributed by atoms with Crippen LogP contribution in [0.2, 0.25) is 0 Å². The molecule has 0 spiro atoms. The molecule has 0 aliphatic rings. The molecule has 0 bridgehead atoms. The fourth-order valence-corrected chi connectivity index (χ4v) is 1.15. The van der Waals surface area contributed by atoms with Crippen LogP contribution in [0.1, 0.15) is 47.5 Å². The highest BCUT2D eigenvalue weighted by atomic mass is 16.6. The Balaban J connectivity index is 3.58. The van der Waals surface area contributed by atoms with Gasteiger partial charge in [-0.25, -0.2) is 4.79 Å². The van der Waals surface area contributed by atoms with E-state index in [2.05, 4.69) is 10.6 Å². The number of ether oxygens (including phenoxy) is 1. The van der Waals surface area contributed by atoms with Gasteiger partial charge in [0.15, 0.2) is 0 Å². The van der Waals surface area contributed by atoms with Gasteiger partial charge in [0.1, 0.15) is 5.60 Å². The second kappa shape index (κ2) is 7.14. The molecule has 0 heterocycles. The van der Waals surface area contributed by atoms with Crippen molar-refractivity contribution in [1.82, 2.24) is 10.6 Å². The molecule has 100 valence electrons. The summed E-state index contributed by atoms with van der Waals surface area (Å²) in [6, 6.07) is 0.154. The van der Waals surface area contributed by atoms with E-state index in [9.17, 15) is 9.59 Å². The van der Waals surface area contributed by atoms with Crippen molar-refractivity contribution in [2.75, 3.05) is 6.54 Å². The van der Waals surface area contributed by atoms with Gasteiger partial charge in [-0.1, -0.05) is 0 Å². The minimum Gasteiger partial charge on any atom is -0.444 e. The van der Waals surface area contributed by atoms with Gasteiger partial charge in [-0.15, -0.1) is 0 Å². The van der Waals surface area contributed by atoms with Crippen molar-refractivity contribution in [2.24, 2.45) is 0 Å². The average Bonchev–Trinajstić information content (AvgIpc) is 2.08. The van der Waals surface area contributed by atoms with Crippen LogP contribution in [0.4, 0.5) is 4.79 Å². The lowest BCUT2D eigenvalue weighted by Crippen LogP contribution is -2.34. The van der Waals surface area contributed by atoms with Crippen LogP contribution in [0.15, 0.2) is 0 Å². The monoisotopic (exact) mass is 244 g/mol. The maximum Gasteiger partial charge on any atom is 0.407 e. The summed E-state index contributed by atoms with van der Waals surface area (Å²) >= 11 is 0. The zero-order valence-electron chi connectivity index (χ0n) is 11.4. The fraction of sp³-hybridized carbons (Fsp3) is 0.833. The van der Waals surface area contributed by atoms with E-state index in [0.29, 0.717) is 19.4 Å². The van der Waals surface area contributed by atoms with Crippen LogP contribution in [0.25, 0.3) is 0 Å². The molecule has 0 fully saturated rings. The van der Waals surface area contributed by atoms with Crippen LogP contribution in [0, 0.1) is 0 Å². The minimum absolute atomic E-state index is 0.00555. The third kappa shape index (κ3) is 11.0. The quantitative estimate of drug-likeness (QED) is 0.725. The lowest BCUT2D eigenvalue weighted by molar-refractivity contribution is -0.121. The molecule has 0 aromatic rings. The number of carbonyl (C=O) groups is 2. The summed E-state index contributed by atoms with van der Waals surface area (Å²) in [5.41, 5.74) is -0.487. The molecule has 0 rings (SSSR count). The Kier molecular flexibility index (Phi) is 6.61. The number of alkyl carbamates (subject to hydrolysis) is 1. The smallest absolute Gasteiger partial charge is 0.407 e. The van der Waals surface area contributed by atoms with Gasteiger partial charge in [-0.2, -0.15) is 0 Å². The summed E-state index contributed by atoms with van der Waals surface area (Å²) in [6.45, 7) is 9.70. The third-order valence-corrected chi connectivity index (χ3v) is 1.70. The maximum absolute atomic E-state index is 11.3. The van der Waals surface area contributed by atoms with Crippen LogP contribution < -0.4 is 10.6 Å². The first kappa shape index (κ1) is 15.7. The van der Waals surface area contributed by atoms with Gasteiger partial charge < -0.3 is 15.4 Å². The van der Waals surface area contributed by atoms with Crippen molar-refractivity contribution >= 4 is 12.0 Å².